The third kappa shape index (κ3) is 6.69. The predicted octanol–water partition coefficient (Wildman–Crippen LogP) is 5.27. The number of imide groups is 1. The van der Waals surface area contributed by atoms with Gasteiger partial charge in [0, 0.05) is 17.8 Å². The molecule has 3 amide bonds. The van der Waals surface area contributed by atoms with E-state index in [0.29, 0.717) is 22.6 Å². The first-order valence-corrected chi connectivity index (χ1v) is 11.4. The molecule has 14 heteroatoms. The normalized spacial score (nSPS) is 13.2. The summed E-state index contributed by atoms with van der Waals surface area (Å²) in [6.45, 7) is 0. The molecule has 0 unspecified atom stereocenters. The highest BCUT2D eigenvalue weighted by atomic mass is 35.5. The Morgan fingerprint density at radius 2 is 1.91 bits per heavy atom. The van der Waals surface area contributed by atoms with Crippen LogP contribution in [0.5, 0.6) is 17.4 Å². The first-order valence-electron chi connectivity index (χ1n) is 9.80. The van der Waals surface area contributed by atoms with Crippen LogP contribution in [-0.2, 0) is 4.79 Å². The fourth-order valence-corrected chi connectivity index (χ4v) is 4.14. The summed E-state index contributed by atoms with van der Waals surface area (Å²) in [4.78, 5) is 28.2. The van der Waals surface area contributed by atoms with Gasteiger partial charge in [-0.1, -0.05) is 29.6 Å². The summed E-state index contributed by atoms with van der Waals surface area (Å²) in [6, 6.07) is 3.57. The Labute approximate surface area is 207 Å². The van der Waals surface area contributed by atoms with Crippen LogP contribution >= 0.6 is 35.1 Å². The van der Waals surface area contributed by atoms with Crippen molar-refractivity contribution in [3.63, 3.8) is 0 Å². The third-order valence-corrected chi connectivity index (χ3v) is 6.12. The lowest BCUT2D eigenvalue weighted by molar-refractivity contribution is -0.114. The first-order chi connectivity index (χ1) is 16.2. The molecular weight excluding hydrogens is 515 g/mol. The maximum atomic E-state index is 12.4. The number of aromatic nitrogens is 1. The molecule has 1 fully saturated rings. The molecule has 182 valence electrons. The average Bonchev–Trinajstić information content (AvgIpc) is 2.74. The number of anilines is 1. The van der Waals surface area contributed by atoms with Gasteiger partial charge in [-0.2, -0.15) is 0 Å². The van der Waals surface area contributed by atoms with E-state index in [4.69, 9.17) is 38.1 Å². The van der Waals surface area contributed by atoms with E-state index in [0.717, 1.165) is 12.8 Å². The van der Waals surface area contributed by atoms with Crippen LogP contribution in [0.3, 0.4) is 0 Å². The maximum Gasteiger partial charge on any atom is 0.326 e. The number of nitrogens with one attached hydrogen (secondary N) is 4. The highest BCUT2D eigenvalue weighted by molar-refractivity contribution is 7.97. The fourth-order valence-electron chi connectivity index (χ4n) is 2.65. The quantitative estimate of drug-likeness (QED) is 0.255. The zero-order valence-corrected chi connectivity index (χ0v) is 19.9. The number of nitrogens with zero attached hydrogens (tertiary/aromatic N) is 1. The van der Waals surface area contributed by atoms with E-state index >= 15 is 0 Å². The van der Waals surface area contributed by atoms with Crippen molar-refractivity contribution < 1.29 is 27.8 Å². The molecule has 1 aliphatic carbocycles. The number of halogens is 4. The number of alkyl halides is 2. The molecule has 0 spiro atoms. The van der Waals surface area contributed by atoms with Gasteiger partial charge in [0.05, 0.1) is 28.2 Å². The number of ether oxygens (including phenoxy) is 2. The van der Waals surface area contributed by atoms with Crippen molar-refractivity contribution in [3.05, 3.63) is 34.4 Å². The van der Waals surface area contributed by atoms with Gasteiger partial charge >= 0.3 is 6.03 Å². The Balaban J connectivity index is 1.69. The number of amides is 3. The predicted molar refractivity (Wildman–Crippen MR) is 125 cm³/mol. The summed E-state index contributed by atoms with van der Waals surface area (Å²) in [5.74, 6) is -0.699. The molecule has 1 saturated carbocycles. The highest BCUT2D eigenvalue weighted by Gasteiger charge is 2.22. The molecule has 1 aromatic carbocycles. The van der Waals surface area contributed by atoms with Gasteiger partial charge in [-0.25, -0.2) is 18.6 Å². The second kappa shape index (κ2) is 11.6. The smallest absolute Gasteiger partial charge is 0.326 e. The molecule has 2 aromatic rings. The van der Waals surface area contributed by atoms with E-state index in [2.05, 4.69) is 15.0 Å². The number of methoxy groups -OCH3 is 1. The summed E-state index contributed by atoms with van der Waals surface area (Å²) < 4.78 is 39.2. The average molecular weight is 534 g/mol. The van der Waals surface area contributed by atoms with Gasteiger partial charge in [0.15, 0.2) is 11.5 Å². The molecule has 1 aromatic heterocycles. The number of carbonyl (C=O) groups excluding carboxylic acids is 2. The van der Waals surface area contributed by atoms with Crippen LogP contribution in [0.1, 0.15) is 19.3 Å². The third-order valence-electron chi connectivity index (χ3n) is 4.59. The number of pyridine rings is 1. The van der Waals surface area contributed by atoms with Gasteiger partial charge in [0.2, 0.25) is 5.88 Å². The van der Waals surface area contributed by atoms with Crippen LogP contribution < -0.4 is 24.8 Å². The summed E-state index contributed by atoms with van der Waals surface area (Å²) >= 11 is 13.9. The number of rotatable bonds is 9. The van der Waals surface area contributed by atoms with Crippen molar-refractivity contribution in [2.75, 3.05) is 12.4 Å². The van der Waals surface area contributed by atoms with Crippen LogP contribution in [0.4, 0.5) is 19.3 Å². The molecule has 0 radical (unpaired) electrons. The second-order valence-corrected chi connectivity index (χ2v) is 8.71. The van der Waals surface area contributed by atoms with E-state index in [-0.39, 0.29) is 21.5 Å². The minimum absolute atomic E-state index is 0.0204. The fraction of sp³-hybridized carbons (Fsp3) is 0.300. The topological polar surface area (TPSA) is 125 Å². The maximum absolute atomic E-state index is 12.4. The lowest BCUT2D eigenvalue weighted by atomic mass is 9.94. The zero-order valence-electron chi connectivity index (χ0n) is 17.6. The van der Waals surface area contributed by atoms with Gasteiger partial charge in [-0.3, -0.25) is 20.2 Å². The molecular formula is C20H19Cl2F2N5O4S. The molecule has 1 aliphatic rings. The molecule has 0 bridgehead atoms. The number of carbonyl (C=O) groups is 2. The molecule has 1 heterocycles. The van der Waals surface area contributed by atoms with E-state index in [1.807, 2.05) is 0 Å². The molecule has 0 aliphatic heterocycles. The van der Waals surface area contributed by atoms with Crippen LogP contribution in [-0.4, -0.2) is 42.2 Å². The van der Waals surface area contributed by atoms with Crippen LogP contribution in [0.25, 0.3) is 0 Å². The van der Waals surface area contributed by atoms with E-state index in [9.17, 15) is 18.4 Å². The molecule has 0 atom stereocenters. The number of hydrogen-bond donors (Lipinski definition) is 4. The largest absolute Gasteiger partial charge is 0.480 e. The molecule has 0 saturated heterocycles. The first kappa shape index (κ1) is 25.9. The molecule has 9 nitrogen and oxygen atoms in total. The van der Waals surface area contributed by atoms with Crippen molar-refractivity contribution >= 4 is 58.5 Å². The van der Waals surface area contributed by atoms with Gasteiger partial charge in [0.1, 0.15) is 5.75 Å². The Morgan fingerprint density at radius 1 is 1.24 bits per heavy atom. The van der Waals surface area contributed by atoms with Crippen LogP contribution in [0.2, 0.25) is 10.0 Å². The molecule has 34 heavy (non-hydrogen) atoms. The van der Waals surface area contributed by atoms with Crippen molar-refractivity contribution in [1.82, 2.24) is 15.0 Å². The Hall–Kier alpha value is -2.67. The van der Waals surface area contributed by atoms with Gasteiger partial charge in [-0.05, 0) is 36.9 Å². The summed E-state index contributed by atoms with van der Waals surface area (Å²) in [6.07, 6.45) is 1.52. The zero-order chi connectivity index (χ0) is 24.8. The highest BCUT2D eigenvalue weighted by Crippen LogP contribution is 2.40. The summed E-state index contributed by atoms with van der Waals surface area (Å²) in [5.41, 5.74) is -1.48. The second-order valence-electron chi connectivity index (χ2n) is 7.02. The number of urea groups is 1. The number of benzene rings is 1. The van der Waals surface area contributed by atoms with Gasteiger partial charge in [-0.15, -0.1) is 0 Å². The SMILES string of the molecule is COc1ncc(Oc2c(Cl)cc(NC(=O)NC(=O)C(=N)C(F)F)cc2Cl)cc1SNC1CCC1. The standard InChI is InChI=1S/C20H19Cl2F2N5O4S/c1-32-19-14(34-29-9-3-2-4-9)7-11(8-26-19)33-16-12(21)5-10(6-13(16)22)27-20(31)28-18(30)15(25)17(23)24/h5-9,17,25,29H,2-4H2,1H3,(H2,27,28,30,31). The van der Waals surface area contributed by atoms with Crippen molar-refractivity contribution in [3.8, 4) is 17.4 Å². The Bertz CT molecular complexity index is 1080. The van der Waals surface area contributed by atoms with E-state index < -0.39 is 24.1 Å². The molecule has 3 rings (SSSR count). The molecule has 4 N–H and O–H groups in total. The summed E-state index contributed by atoms with van der Waals surface area (Å²) in [7, 11) is 1.51. The van der Waals surface area contributed by atoms with E-state index in [1.165, 1.54) is 43.8 Å². The van der Waals surface area contributed by atoms with Gasteiger partial charge in [0.25, 0.3) is 12.3 Å². The van der Waals surface area contributed by atoms with Crippen molar-refractivity contribution in [2.45, 2.75) is 36.6 Å². The summed E-state index contributed by atoms with van der Waals surface area (Å²) in [5, 5.41) is 10.8. The van der Waals surface area contributed by atoms with Crippen molar-refractivity contribution in [1.29, 1.82) is 5.41 Å². The minimum atomic E-state index is -3.31. The van der Waals surface area contributed by atoms with Crippen LogP contribution in [0.15, 0.2) is 29.3 Å². The Kier molecular flexibility index (Phi) is 8.89. The lowest BCUT2D eigenvalue weighted by Crippen LogP contribution is -2.40. The Morgan fingerprint density at radius 3 is 2.47 bits per heavy atom. The lowest BCUT2D eigenvalue weighted by Gasteiger charge is -2.25. The minimum Gasteiger partial charge on any atom is -0.480 e. The number of hydrogen-bond acceptors (Lipinski definition) is 8. The van der Waals surface area contributed by atoms with Gasteiger partial charge < -0.3 is 14.8 Å². The van der Waals surface area contributed by atoms with Crippen LogP contribution in [0, 0.1) is 5.41 Å². The van der Waals surface area contributed by atoms with E-state index in [1.54, 1.807) is 11.4 Å². The monoisotopic (exact) mass is 533 g/mol. The van der Waals surface area contributed by atoms with Crippen molar-refractivity contribution in [2.24, 2.45) is 0 Å².